The molecule has 0 atom stereocenters. The lowest BCUT2D eigenvalue weighted by molar-refractivity contribution is -0.119. The summed E-state index contributed by atoms with van der Waals surface area (Å²) in [6, 6.07) is 6.96. The Morgan fingerprint density at radius 1 is 1.14 bits per heavy atom. The minimum absolute atomic E-state index is 0.0643. The molecule has 0 saturated heterocycles. The van der Waals surface area contributed by atoms with E-state index < -0.39 is 10.0 Å². The van der Waals surface area contributed by atoms with Crippen LogP contribution in [0.15, 0.2) is 24.3 Å². The summed E-state index contributed by atoms with van der Waals surface area (Å²) in [5.41, 5.74) is 1.41. The zero-order valence-electron chi connectivity index (χ0n) is 12.3. The van der Waals surface area contributed by atoms with E-state index in [2.05, 4.69) is 10.0 Å². The number of sulfonamides is 1. The fraction of sp³-hybridized carbons (Fsp3) is 0.533. The van der Waals surface area contributed by atoms with Gasteiger partial charge in [-0.1, -0.05) is 31.4 Å². The van der Waals surface area contributed by atoms with Crippen LogP contribution in [0, 0.1) is 0 Å². The maximum Gasteiger partial charge on any atom is 0.235 e. The summed E-state index contributed by atoms with van der Waals surface area (Å²) < 4.78 is 27.2. The van der Waals surface area contributed by atoms with Crippen LogP contribution < -0.4 is 10.0 Å². The molecule has 1 aliphatic rings. The molecule has 2 N–H and O–H groups in total. The summed E-state index contributed by atoms with van der Waals surface area (Å²) >= 11 is 0. The van der Waals surface area contributed by atoms with Crippen molar-refractivity contribution in [1.29, 1.82) is 0 Å². The molecule has 0 heterocycles. The van der Waals surface area contributed by atoms with Gasteiger partial charge < -0.3 is 5.32 Å². The first-order valence-corrected chi connectivity index (χ1v) is 8.87. The largest absolute Gasteiger partial charge is 0.359 e. The quantitative estimate of drug-likeness (QED) is 0.874. The van der Waals surface area contributed by atoms with E-state index in [-0.39, 0.29) is 11.2 Å². The number of benzene rings is 1. The molecule has 1 saturated carbocycles. The highest BCUT2D eigenvalue weighted by atomic mass is 32.2. The predicted octanol–water partition coefficient (Wildman–Crippen LogP) is 2.05. The highest BCUT2D eigenvalue weighted by molar-refractivity contribution is 7.93. The van der Waals surface area contributed by atoms with Crippen LogP contribution in [0.3, 0.4) is 0 Å². The highest BCUT2D eigenvalue weighted by Gasteiger charge is 2.27. The molecule has 116 valence electrons. The van der Waals surface area contributed by atoms with Crippen molar-refractivity contribution in [2.75, 3.05) is 11.8 Å². The van der Waals surface area contributed by atoms with Crippen LogP contribution in [0.1, 0.15) is 37.7 Å². The fourth-order valence-corrected chi connectivity index (χ4v) is 4.17. The van der Waals surface area contributed by atoms with Crippen molar-refractivity contribution >= 4 is 21.6 Å². The number of carbonyl (C=O) groups excluding carboxylic acids is 1. The van der Waals surface area contributed by atoms with Gasteiger partial charge in [-0.3, -0.25) is 9.52 Å². The Labute approximate surface area is 126 Å². The molecule has 1 amide bonds. The smallest absolute Gasteiger partial charge is 0.235 e. The monoisotopic (exact) mass is 310 g/mol. The van der Waals surface area contributed by atoms with Gasteiger partial charge in [0.2, 0.25) is 15.9 Å². The SMILES string of the molecule is CNC(=O)Cc1ccc(NS(=O)(=O)C2CCCCC2)cc1. The van der Waals surface area contributed by atoms with Crippen LogP contribution in [0.25, 0.3) is 0 Å². The molecule has 0 aromatic heterocycles. The number of carbonyl (C=O) groups is 1. The van der Waals surface area contributed by atoms with Gasteiger partial charge in [0.05, 0.1) is 11.7 Å². The van der Waals surface area contributed by atoms with Crippen molar-refractivity contribution in [2.24, 2.45) is 0 Å². The third-order valence-corrected chi connectivity index (χ3v) is 5.72. The number of rotatable bonds is 5. The predicted molar refractivity (Wildman–Crippen MR) is 83.6 cm³/mol. The molecule has 2 rings (SSSR count). The van der Waals surface area contributed by atoms with Gasteiger partial charge in [0.15, 0.2) is 0 Å². The van der Waals surface area contributed by atoms with E-state index in [0.717, 1.165) is 37.7 Å². The number of nitrogens with one attached hydrogen (secondary N) is 2. The Balaban J connectivity index is 2.00. The number of anilines is 1. The molecule has 1 fully saturated rings. The first-order valence-electron chi connectivity index (χ1n) is 7.32. The maximum atomic E-state index is 12.3. The van der Waals surface area contributed by atoms with Crippen LogP contribution in [0.4, 0.5) is 5.69 Å². The van der Waals surface area contributed by atoms with E-state index in [0.29, 0.717) is 12.1 Å². The average Bonchev–Trinajstić information content (AvgIpc) is 2.50. The Morgan fingerprint density at radius 2 is 1.76 bits per heavy atom. The summed E-state index contributed by atoms with van der Waals surface area (Å²) in [6.07, 6.45) is 4.87. The molecule has 0 spiro atoms. The zero-order valence-corrected chi connectivity index (χ0v) is 13.1. The molecular formula is C15H22N2O3S. The van der Waals surface area contributed by atoms with Gasteiger partial charge in [-0.05, 0) is 30.5 Å². The van der Waals surface area contributed by atoms with Crippen molar-refractivity contribution in [1.82, 2.24) is 5.32 Å². The van der Waals surface area contributed by atoms with Crippen LogP contribution in [-0.4, -0.2) is 26.6 Å². The molecule has 0 radical (unpaired) electrons. The van der Waals surface area contributed by atoms with Gasteiger partial charge in [0, 0.05) is 12.7 Å². The van der Waals surface area contributed by atoms with Gasteiger partial charge in [-0.25, -0.2) is 8.42 Å². The van der Waals surface area contributed by atoms with E-state index in [4.69, 9.17) is 0 Å². The lowest BCUT2D eigenvalue weighted by Gasteiger charge is -2.22. The summed E-state index contributed by atoms with van der Waals surface area (Å²) in [5, 5.41) is 2.28. The second-order valence-electron chi connectivity index (χ2n) is 5.45. The van der Waals surface area contributed by atoms with E-state index in [1.165, 1.54) is 0 Å². The minimum Gasteiger partial charge on any atom is -0.359 e. The first kappa shape index (κ1) is 15.8. The molecule has 0 bridgehead atoms. The van der Waals surface area contributed by atoms with Gasteiger partial charge in [-0.2, -0.15) is 0 Å². The normalized spacial score (nSPS) is 16.4. The summed E-state index contributed by atoms with van der Waals surface area (Å²) in [6.45, 7) is 0. The van der Waals surface area contributed by atoms with E-state index >= 15 is 0 Å². The summed E-state index contributed by atoms with van der Waals surface area (Å²) in [4.78, 5) is 11.3. The number of hydrogen-bond acceptors (Lipinski definition) is 3. The van der Waals surface area contributed by atoms with Crippen molar-refractivity contribution in [3.8, 4) is 0 Å². The van der Waals surface area contributed by atoms with Crippen LogP contribution >= 0.6 is 0 Å². The second kappa shape index (κ2) is 6.93. The molecule has 1 aromatic carbocycles. The second-order valence-corrected chi connectivity index (χ2v) is 7.41. The van der Waals surface area contributed by atoms with E-state index in [1.807, 2.05) is 0 Å². The Morgan fingerprint density at radius 3 is 2.33 bits per heavy atom. The van der Waals surface area contributed by atoms with Crippen molar-refractivity contribution in [3.63, 3.8) is 0 Å². The molecule has 6 heteroatoms. The molecule has 0 unspecified atom stereocenters. The van der Waals surface area contributed by atoms with Crippen molar-refractivity contribution in [3.05, 3.63) is 29.8 Å². The lowest BCUT2D eigenvalue weighted by Crippen LogP contribution is -2.29. The highest BCUT2D eigenvalue weighted by Crippen LogP contribution is 2.25. The van der Waals surface area contributed by atoms with Gasteiger partial charge >= 0.3 is 0 Å². The molecule has 1 aromatic rings. The molecule has 1 aliphatic carbocycles. The van der Waals surface area contributed by atoms with Gasteiger partial charge in [-0.15, -0.1) is 0 Å². The zero-order chi connectivity index (χ0) is 15.3. The Bertz CT molecular complexity index is 575. The van der Waals surface area contributed by atoms with Crippen LogP contribution in [0.2, 0.25) is 0 Å². The average molecular weight is 310 g/mol. The van der Waals surface area contributed by atoms with E-state index in [9.17, 15) is 13.2 Å². The maximum absolute atomic E-state index is 12.3. The van der Waals surface area contributed by atoms with Crippen molar-refractivity contribution in [2.45, 2.75) is 43.8 Å². The molecule has 21 heavy (non-hydrogen) atoms. The van der Waals surface area contributed by atoms with Crippen LogP contribution in [-0.2, 0) is 21.2 Å². The standard InChI is InChI=1S/C15H22N2O3S/c1-16-15(18)11-12-7-9-13(10-8-12)17-21(19,20)14-5-3-2-4-6-14/h7-10,14,17H,2-6,11H2,1H3,(H,16,18). The third-order valence-electron chi connectivity index (χ3n) is 3.85. The number of amides is 1. The minimum atomic E-state index is -3.31. The lowest BCUT2D eigenvalue weighted by atomic mass is 10.0. The first-order chi connectivity index (χ1) is 10.0. The van der Waals surface area contributed by atoms with Gasteiger partial charge in [0.25, 0.3) is 0 Å². The van der Waals surface area contributed by atoms with Crippen LogP contribution in [0.5, 0.6) is 0 Å². The van der Waals surface area contributed by atoms with Gasteiger partial charge in [0.1, 0.15) is 0 Å². The number of likely N-dealkylation sites (N-methyl/N-ethyl adjacent to an activating group) is 1. The fourth-order valence-electron chi connectivity index (χ4n) is 2.59. The Kier molecular flexibility index (Phi) is 5.22. The molecule has 5 nitrogen and oxygen atoms in total. The summed E-state index contributed by atoms with van der Waals surface area (Å²) in [5.74, 6) is -0.0643. The van der Waals surface area contributed by atoms with E-state index in [1.54, 1.807) is 31.3 Å². The topological polar surface area (TPSA) is 75.3 Å². The summed E-state index contributed by atoms with van der Waals surface area (Å²) in [7, 11) is -1.71. The van der Waals surface area contributed by atoms with Crippen molar-refractivity contribution < 1.29 is 13.2 Å². The molecule has 0 aliphatic heterocycles. The molecular weight excluding hydrogens is 288 g/mol. The number of hydrogen-bond donors (Lipinski definition) is 2. The third kappa shape index (κ3) is 4.46. The Hall–Kier alpha value is -1.56.